The second-order valence-electron chi connectivity index (χ2n) is 8.73. The SMILES string of the molecule is C1=CC2=NC=CC(C3C=CC(C4C=Cc5[nH]c6c(c5C4)CCC=C6)=CC3)C2C=C1. The van der Waals surface area contributed by atoms with Gasteiger partial charge in [-0.2, -0.15) is 0 Å². The summed E-state index contributed by atoms with van der Waals surface area (Å²) in [5, 5.41) is 0. The van der Waals surface area contributed by atoms with E-state index >= 15 is 0 Å². The maximum atomic E-state index is 4.58. The van der Waals surface area contributed by atoms with Crippen LogP contribution in [0.25, 0.3) is 12.2 Å². The Morgan fingerprint density at radius 3 is 2.79 bits per heavy atom. The Morgan fingerprint density at radius 2 is 1.86 bits per heavy atom. The standard InChI is InChI=1S/C27H26N2/c1-3-7-25-22(5-1)21(15-16-28-25)19-11-9-18(10-12-19)20-13-14-27-24(17-20)23-6-2-4-8-26(23)29-27/h1,3-5,7-11,13-16,19-22,29H,2,6,12,17H2. The van der Waals surface area contributed by atoms with Gasteiger partial charge in [-0.05, 0) is 72.4 Å². The zero-order valence-corrected chi connectivity index (χ0v) is 16.6. The number of aromatic amines is 1. The van der Waals surface area contributed by atoms with E-state index in [0.717, 1.165) is 12.8 Å². The van der Waals surface area contributed by atoms with Crippen molar-refractivity contribution in [1.29, 1.82) is 0 Å². The van der Waals surface area contributed by atoms with Crippen molar-refractivity contribution in [2.24, 2.45) is 28.7 Å². The first-order chi connectivity index (χ1) is 14.4. The van der Waals surface area contributed by atoms with Gasteiger partial charge in [-0.15, -0.1) is 0 Å². The van der Waals surface area contributed by atoms with Gasteiger partial charge in [0, 0.05) is 35.1 Å². The predicted molar refractivity (Wildman–Crippen MR) is 122 cm³/mol. The van der Waals surface area contributed by atoms with Crippen molar-refractivity contribution in [2.45, 2.75) is 25.7 Å². The van der Waals surface area contributed by atoms with Crippen LogP contribution in [0, 0.1) is 23.7 Å². The number of rotatable bonds is 2. The minimum atomic E-state index is 0.422. The molecule has 2 heterocycles. The van der Waals surface area contributed by atoms with Crippen LogP contribution in [0.1, 0.15) is 35.4 Å². The molecular weight excluding hydrogens is 352 g/mol. The Balaban J connectivity index is 1.19. The number of H-pyrrole nitrogens is 1. The molecule has 4 unspecified atom stereocenters. The van der Waals surface area contributed by atoms with Gasteiger partial charge in [0.25, 0.3) is 0 Å². The molecular formula is C27H26N2. The number of aliphatic imine (C=N–C) groups is 1. The summed E-state index contributed by atoms with van der Waals surface area (Å²) in [4.78, 5) is 8.19. The first kappa shape index (κ1) is 17.0. The molecule has 1 aromatic rings. The fraction of sp³-hybridized carbons (Fsp3) is 0.296. The number of fused-ring (bicyclic) bond motifs is 4. The van der Waals surface area contributed by atoms with Crippen LogP contribution in [-0.4, -0.2) is 10.7 Å². The molecule has 0 saturated heterocycles. The highest BCUT2D eigenvalue weighted by molar-refractivity contribution is 6.00. The summed E-state index contributed by atoms with van der Waals surface area (Å²) in [5.74, 6) is 1.98. The molecule has 0 bridgehead atoms. The molecule has 1 aromatic heterocycles. The first-order valence-electron chi connectivity index (χ1n) is 10.9. The van der Waals surface area contributed by atoms with Crippen molar-refractivity contribution in [3.8, 4) is 0 Å². The molecule has 0 radical (unpaired) electrons. The molecule has 0 fully saturated rings. The van der Waals surface area contributed by atoms with Crippen LogP contribution in [0.5, 0.6) is 0 Å². The zero-order valence-electron chi connectivity index (χ0n) is 16.6. The molecule has 1 aliphatic heterocycles. The third kappa shape index (κ3) is 2.90. The molecule has 5 aliphatic rings. The van der Waals surface area contributed by atoms with E-state index < -0.39 is 0 Å². The lowest BCUT2D eigenvalue weighted by atomic mass is 9.72. The van der Waals surface area contributed by atoms with Gasteiger partial charge < -0.3 is 4.98 Å². The van der Waals surface area contributed by atoms with E-state index in [1.807, 2.05) is 6.20 Å². The molecule has 0 amide bonds. The fourth-order valence-electron chi connectivity index (χ4n) is 5.56. The number of allylic oxidation sites excluding steroid dienone is 11. The number of nitrogens with one attached hydrogen (secondary N) is 1. The van der Waals surface area contributed by atoms with E-state index in [4.69, 9.17) is 0 Å². The lowest BCUT2D eigenvalue weighted by Crippen LogP contribution is -2.29. The van der Waals surface area contributed by atoms with E-state index in [2.05, 4.69) is 82.9 Å². The largest absolute Gasteiger partial charge is 0.355 e. The zero-order chi connectivity index (χ0) is 19.2. The van der Waals surface area contributed by atoms with Gasteiger partial charge in [-0.25, -0.2) is 0 Å². The molecule has 2 heteroatoms. The second-order valence-corrected chi connectivity index (χ2v) is 8.73. The lowest BCUT2D eigenvalue weighted by Gasteiger charge is -2.33. The molecule has 6 rings (SSSR count). The summed E-state index contributed by atoms with van der Waals surface area (Å²) in [6.07, 6.45) is 34.2. The third-order valence-electron chi connectivity index (χ3n) is 7.12. The molecule has 144 valence electrons. The molecule has 4 aliphatic carbocycles. The van der Waals surface area contributed by atoms with Gasteiger partial charge in [0.05, 0.1) is 0 Å². The molecule has 1 N–H and O–H groups in total. The van der Waals surface area contributed by atoms with Crippen LogP contribution in [0.4, 0.5) is 0 Å². The topological polar surface area (TPSA) is 28.1 Å². The van der Waals surface area contributed by atoms with Crippen molar-refractivity contribution in [2.75, 3.05) is 0 Å². The van der Waals surface area contributed by atoms with Gasteiger partial charge in [0.15, 0.2) is 0 Å². The van der Waals surface area contributed by atoms with Crippen molar-refractivity contribution in [1.82, 2.24) is 4.98 Å². The van der Waals surface area contributed by atoms with Crippen LogP contribution in [0.3, 0.4) is 0 Å². The average Bonchev–Trinajstić information content (AvgIpc) is 3.17. The quantitative estimate of drug-likeness (QED) is 0.655. The third-order valence-corrected chi connectivity index (χ3v) is 7.12. The van der Waals surface area contributed by atoms with E-state index in [1.165, 1.54) is 35.5 Å². The van der Waals surface area contributed by atoms with Crippen molar-refractivity contribution in [3.05, 3.63) is 95.0 Å². The maximum Gasteiger partial charge on any atom is 0.0478 e. The van der Waals surface area contributed by atoms with Crippen LogP contribution < -0.4 is 0 Å². The predicted octanol–water partition coefficient (Wildman–Crippen LogP) is 5.99. The average molecular weight is 379 g/mol. The summed E-state index contributed by atoms with van der Waals surface area (Å²) in [6, 6.07) is 0. The Morgan fingerprint density at radius 1 is 0.897 bits per heavy atom. The van der Waals surface area contributed by atoms with Crippen molar-refractivity contribution < 1.29 is 0 Å². The van der Waals surface area contributed by atoms with Crippen molar-refractivity contribution >= 4 is 17.9 Å². The lowest BCUT2D eigenvalue weighted by molar-refractivity contribution is 0.427. The Hall–Kier alpha value is -2.87. The Labute approximate surface area is 172 Å². The van der Waals surface area contributed by atoms with Crippen LogP contribution >= 0.6 is 0 Å². The molecule has 0 aromatic carbocycles. The van der Waals surface area contributed by atoms with Gasteiger partial charge in [-0.1, -0.05) is 54.7 Å². The first-order valence-corrected chi connectivity index (χ1v) is 10.9. The van der Waals surface area contributed by atoms with Crippen LogP contribution in [0.2, 0.25) is 0 Å². The molecule has 0 spiro atoms. The Kier molecular flexibility index (Phi) is 4.04. The molecule has 0 saturated carbocycles. The number of hydrogen-bond donors (Lipinski definition) is 1. The van der Waals surface area contributed by atoms with Gasteiger partial charge in [0.1, 0.15) is 0 Å². The Bertz CT molecular complexity index is 1080. The van der Waals surface area contributed by atoms with Crippen molar-refractivity contribution in [3.63, 3.8) is 0 Å². The van der Waals surface area contributed by atoms with Gasteiger partial charge in [-0.3, -0.25) is 4.99 Å². The van der Waals surface area contributed by atoms with Gasteiger partial charge >= 0.3 is 0 Å². The van der Waals surface area contributed by atoms with E-state index in [-0.39, 0.29) is 0 Å². The molecule has 29 heavy (non-hydrogen) atoms. The van der Waals surface area contributed by atoms with Crippen LogP contribution in [-0.2, 0) is 12.8 Å². The number of aromatic nitrogens is 1. The smallest absolute Gasteiger partial charge is 0.0478 e. The molecule has 2 nitrogen and oxygen atoms in total. The highest BCUT2D eigenvalue weighted by Crippen LogP contribution is 2.39. The van der Waals surface area contributed by atoms with E-state index in [0.29, 0.717) is 23.7 Å². The highest BCUT2D eigenvalue weighted by Gasteiger charge is 2.31. The van der Waals surface area contributed by atoms with E-state index in [1.54, 1.807) is 11.1 Å². The summed E-state index contributed by atoms with van der Waals surface area (Å²) in [5.41, 5.74) is 8.44. The highest BCUT2D eigenvalue weighted by atomic mass is 14.7. The van der Waals surface area contributed by atoms with Crippen LogP contribution in [0.15, 0.2) is 77.5 Å². The van der Waals surface area contributed by atoms with Gasteiger partial charge in [0.2, 0.25) is 0 Å². The summed E-state index contributed by atoms with van der Waals surface area (Å²) < 4.78 is 0. The minimum Gasteiger partial charge on any atom is -0.355 e. The normalized spacial score (nSPS) is 31.2. The number of hydrogen-bond acceptors (Lipinski definition) is 1. The molecule has 4 atom stereocenters. The monoisotopic (exact) mass is 378 g/mol. The second kappa shape index (κ2) is 6.88. The summed E-state index contributed by atoms with van der Waals surface area (Å²) in [7, 11) is 0. The van der Waals surface area contributed by atoms with E-state index in [9.17, 15) is 0 Å². The summed E-state index contributed by atoms with van der Waals surface area (Å²) in [6.45, 7) is 0. The summed E-state index contributed by atoms with van der Waals surface area (Å²) >= 11 is 0. The maximum absolute atomic E-state index is 4.58. The minimum absolute atomic E-state index is 0.422. The number of nitrogens with zero attached hydrogens (tertiary/aromatic N) is 1. The fourth-order valence-corrected chi connectivity index (χ4v) is 5.56.